The molecule has 0 aliphatic carbocycles. The van der Waals surface area contributed by atoms with Gasteiger partial charge >= 0.3 is 12.2 Å². The molecular formula is C40H46F4N8O7. The van der Waals surface area contributed by atoms with Gasteiger partial charge in [0, 0.05) is 25.7 Å². The number of hydrogen-bond acceptors (Lipinski definition) is 13. The first-order chi connectivity index (χ1) is 27.8. The number of imide groups is 1. The molecule has 1 fully saturated rings. The van der Waals surface area contributed by atoms with E-state index in [2.05, 4.69) is 25.3 Å². The van der Waals surface area contributed by atoms with Crippen molar-refractivity contribution < 1.29 is 50.9 Å². The van der Waals surface area contributed by atoms with E-state index in [9.17, 15) is 27.9 Å². The highest BCUT2D eigenvalue weighted by Crippen LogP contribution is 2.38. The molecule has 2 amide bonds. The van der Waals surface area contributed by atoms with Crippen LogP contribution in [-0.4, -0.2) is 91.3 Å². The minimum Gasteiger partial charge on any atom is -0.494 e. The maximum atomic E-state index is 15.5. The summed E-state index contributed by atoms with van der Waals surface area (Å²) in [5, 5.41) is 14.2. The summed E-state index contributed by atoms with van der Waals surface area (Å²) in [6, 6.07) is 10.8. The van der Waals surface area contributed by atoms with Crippen molar-refractivity contribution in [2.45, 2.75) is 96.7 Å². The zero-order valence-electron chi connectivity index (χ0n) is 33.6. The Balaban J connectivity index is 1.44. The number of carbonyl (C=O) groups excluding carboxylic acids is 2. The number of alkyl halides is 2. The molecule has 2 atom stereocenters. The highest BCUT2D eigenvalue weighted by molar-refractivity contribution is 6.12. The van der Waals surface area contributed by atoms with E-state index in [-0.39, 0.29) is 78.4 Å². The van der Waals surface area contributed by atoms with Crippen LogP contribution in [-0.2, 0) is 22.6 Å². The predicted molar refractivity (Wildman–Crippen MR) is 207 cm³/mol. The van der Waals surface area contributed by atoms with Gasteiger partial charge in [0.15, 0.2) is 28.5 Å². The fourth-order valence-corrected chi connectivity index (χ4v) is 6.69. The van der Waals surface area contributed by atoms with Gasteiger partial charge in [0.05, 0.1) is 31.1 Å². The molecule has 5 aromatic rings. The first-order valence-corrected chi connectivity index (χ1v) is 18.7. The zero-order valence-corrected chi connectivity index (χ0v) is 33.6. The number of anilines is 2. The number of hydrogen-bond donors (Lipinski definition) is 2. The summed E-state index contributed by atoms with van der Waals surface area (Å²) >= 11 is 0. The number of rotatable bonds is 11. The molecule has 1 aliphatic heterocycles. The van der Waals surface area contributed by atoms with Crippen molar-refractivity contribution >= 4 is 35.1 Å². The van der Waals surface area contributed by atoms with Crippen molar-refractivity contribution in [2.75, 3.05) is 30.0 Å². The van der Waals surface area contributed by atoms with Crippen LogP contribution in [0.25, 0.3) is 22.6 Å². The maximum Gasteiger partial charge on any atom is 0.425 e. The number of nitrogens with one attached hydrogen (secondary N) is 1. The largest absolute Gasteiger partial charge is 0.494 e. The molecule has 0 radical (unpaired) electrons. The van der Waals surface area contributed by atoms with Gasteiger partial charge < -0.3 is 38.5 Å². The number of imidazole rings is 1. The molecule has 0 spiro atoms. The number of aliphatic hydroxyl groups is 1. The second kappa shape index (κ2) is 16.8. The Labute approximate surface area is 337 Å². The topological polar surface area (TPSA) is 170 Å². The van der Waals surface area contributed by atoms with Gasteiger partial charge in [0.25, 0.3) is 6.43 Å². The molecule has 0 unspecified atom stereocenters. The number of methoxy groups -OCH3 is 1. The van der Waals surface area contributed by atoms with Crippen LogP contribution >= 0.6 is 0 Å². The Morgan fingerprint density at radius 3 is 2.31 bits per heavy atom. The second-order valence-corrected chi connectivity index (χ2v) is 16.1. The number of carbonyl (C=O) groups is 2. The number of oxazole rings is 1. The summed E-state index contributed by atoms with van der Waals surface area (Å²) < 4.78 is 82.9. The molecule has 19 heteroatoms. The monoisotopic (exact) mass is 826 g/mol. The van der Waals surface area contributed by atoms with Crippen LogP contribution in [0, 0.1) is 11.6 Å². The minimum atomic E-state index is -3.11. The molecule has 3 aromatic heterocycles. The first-order valence-electron chi connectivity index (χ1n) is 18.7. The Hall–Kier alpha value is -5.82. The van der Waals surface area contributed by atoms with Gasteiger partial charge in [-0.05, 0) is 66.0 Å². The van der Waals surface area contributed by atoms with E-state index in [1.807, 2.05) is 30.3 Å². The van der Waals surface area contributed by atoms with Gasteiger partial charge in [0.2, 0.25) is 11.8 Å². The second-order valence-electron chi connectivity index (χ2n) is 16.1. The number of benzene rings is 2. The SMILES string of the molecule is COc1cc(F)c(-c2nc(Cn3cnc4c(N(C(=O)OC(C)(C)C)C(=O)OC(C)(C)C)ncnc43)c(N3CCC[C@](NCc4ccccc4)([C@H](O)C(F)F)C3)o2)cc1F. The summed E-state index contributed by atoms with van der Waals surface area (Å²) in [4.78, 5) is 46.8. The summed E-state index contributed by atoms with van der Waals surface area (Å²) in [7, 11) is 1.19. The number of ether oxygens (including phenoxy) is 3. The van der Waals surface area contributed by atoms with E-state index >= 15 is 4.39 Å². The predicted octanol–water partition coefficient (Wildman–Crippen LogP) is 7.25. The van der Waals surface area contributed by atoms with E-state index in [1.165, 1.54) is 18.0 Å². The zero-order chi connectivity index (χ0) is 42.9. The van der Waals surface area contributed by atoms with Crippen LogP contribution in [0.3, 0.4) is 0 Å². The molecule has 2 aromatic carbocycles. The van der Waals surface area contributed by atoms with Crippen molar-refractivity contribution in [3.05, 3.63) is 78.0 Å². The molecule has 6 rings (SSSR count). The lowest BCUT2D eigenvalue weighted by molar-refractivity contribution is -0.0660. The third-order valence-corrected chi connectivity index (χ3v) is 9.32. The van der Waals surface area contributed by atoms with Crippen LogP contribution < -0.4 is 19.9 Å². The van der Waals surface area contributed by atoms with E-state index < -0.39 is 53.1 Å². The molecule has 1 saturated heterocycles. The van der Waals surface area contributed by atoms with Crippen LogP contribution in [0.1, 0.15) is 65.6 Å². The van der Waals surface area contributed by atoms with Gasteiger partial charge in [-0.2, -0.15) is 4.90 Å². The van der Waals surface area contributed by atoms with Gasteiger partial charge in [0.1, 0.15) is 35.1 Å². The Kier molecular flexibility index (Phi) is 12.2. The average Bonchev–Trinajstić information content (AvgIpc) is 3.78. The quantitative estimate of drug-likeness (QED) is 0.128. The summed E-state index contributed by atoms with van der Waals surface area (Å²) in [5.74, 6) is -2.72. The fraction of sp³-hybridized carbons (Fsp3) is 0.450. The number of piperidine rings is 1. The maximum absolute atomic E-state index is 15.5. The lowest BCUT2D eigenvalue weighted by atomic mass is 9.83. The molecular weight excluding hydrogens is 780 g/mol. The highest BCUT2D eigenvalue weighted by atomic mass is 19.3. The molecule has 15 nitrogen and oxygen atoms in total. The Bertz CT molecular complexity index is 2270. The lowest BCUT2D eigenvalue weighted by Crippen LogP contribution is -2.65. The van der Waals surface area contributed by atoms with Gasteiger partial charge in [-0.3, -0.25) is 0 Å². The molecule has 0 bridgehead atoms. The van der Waals surface area contributed by atoms with Gasteiger partial charge in [-0.15, -0.1) is 0 Å². The van der Waals surface area contributed by atoms with Crippen LogP contribution in [0.5, 0.6) is 5.75 Å². The van der Waals surface area contributed by atoms with Gasteiger partial charge in [-0.25, -0.2) is 47.1 Å². The van der Waals surface area contributed by atoms with E-state index in [1.54, 1.807) is 46.4 Å². The number of amides is 2. The van der Waals surface area contributed by atoms with Crippen molar-refractivity contribution in [2.24, 2.45) is 0 Å². The third-order valence-electron chi connectivity index (χ3n) is 9.32. The van der Waals surface area contributed by atoms with Crippen LogP contribution in [0.15, 0.2) is 59.5 Å². The Morgan fingerprint density at radius 1 is 1.00 bits per heavy atom. The van der Waals surface area contributed by atoms with Crippen LogP contribution in [0.4, 0.5) is 38.9 Å². The molecule has 4 heterocycles. The number of fused-ring (bicyclic) bond motifs is 1. The summed E-state index contributed by atoms with van der Waals surface area (Å²) in [6.45, 7) is 9.76. The molecule has 0 saturated carbocycles. The third kappa shape index (κ3) is 9.57. The van der Waals surface area contributed by atoms with Crippen molar-refractivity contribution in [3.8, 4) is 17.2 Å². The normalized spacial score (nSPS) is 16.7. The molecule has 1 aliphatic rings. The summed E-state index contributed by atoms with van der Waals surface area (Å²) in [6.07, 6.45) is -4.44. The average molecular weight is 827 g/mol. The van der Waals surface area contributed by atoms with Crippen molar-refractivity contribution in [1.29, 1.82) is 0 Å². The van der Waals surface area contributed by atoms with E-state index in [4.69, 9.17) is 18.6 Å². The number of aliphatic hydroxyl groups excluding tert-OH is 1. The van der Waals surface area contributed by atoms with Crippen molar-refractivity contribution in [1.82, 2.24) is 29.8 Å². The molecule has 59 heavy (non-hydrogen) atoms. The van der Waals surface area contributed by atoms with E-state index in [0.29, 0.717) is 11.3 Å². The van der Waals surface area contributed by atoms with Gasteiger partial charge in [-0.1, -0.05) is 30.3 Å². The Morgan fingerprint density at radius 2 is 1.68 bits per heavy atom. The minimum absolute atomic E-state index is 0.0140. The number of nitrogens with zero attached hydrogens (tertiary/aromatic N) is 7. The van der Waals surface area contributed by atoms with Crippen LogP contribution in [0.2, 0.25) is 0 Å². The van der Waals surface area contributed by atoms with Crippen molar-refractivity contribution in [3.63, 3.8) is 0 Å². The molecule has 2 N–H and O–H groups in total. The number of halogens is 4. The standard InChI is InChI=1S/C40H46F4N8O7/c1-38(2,3)58-36(54)52(37(55)59-39(4,5)6)33-29-32(45-21-46-33)51(22-47-29)19-27-35(57-34(49-27)24-16-26(42)28(56-7)17-25(24)41)50-15-11-14-40(20-50,30(53)31(43)44)48-18-23-12-9-8-10-13-23/h8-10,12-13,16-17,21-22,30-31,48,53H,11,14-15,18-20H2,1-7H3/t30-,40-/m1/s1. The van der Waals surface area contributed by atoms with E-state index in [0.717, 1.165) is 24.0 Å². The fourth-order valence-electron chi connectivity index (χ4n) is 6.69. The smallest absolute Gasteiger partial charge is 0.425 e. The number of aromatic nitrogens is 5. The lowest BCUT2D eigenvalue weighted by Gasteiger charge is -2.46. The molecule has 316 valence electrons. The summed E-state index contributed by atoms with van der Waals surface area (Å²) in [5.41, 5.74) is -2.89. The highest BCUT2D eigenvalue weighted by Gasteiger charge is 2.47. The first kappa shape index (κ1) is 42.8.